The first-order valence-electron chi connectivity index (χ1n) is 9.62. The lowest BCUT2D eigenvalue weighted by molar-refractivity contribution is -0.121. The van der Waals surface area contributed by atoms with E-state index in [0.29, 0.717) is 11.6 Å². The smallest absolute Gasteiger partial charge is 0.312 e. The van der Waals surface area contributed by atoms with Crippen LogP contribution in [-0.2, 0) is 10.2 Å². The van der Waals surface area contributed by atoms with Crippen LogP contribution < -0.4 is 16.4 Å². The largest absolute Gasteiger partial charge is 0.355 e. The van der Waals surface area contributed by atoms with Gasteiger partial charge in [-0.15, -0.1) is 0 Å². The minimum Gasteiger partial charge on any atom is -0.355 e. The minimum atomic E-state index is -0.663. The number of halogens is 1. The molecule has 0 aromatic heterocycles. The topological polar surface area (TPSA) is 84.2 Å². The van der Waals surface area contributed by atoms with Gasteiger partial charge in [0.15, 0.2) is 0 Å². The van der Waals surface area contributed by atoms with E-state index in [0.717, 1.165) is 18.4 Å². The lowest BCUT2D eigenvalue weighted by Crippen LogP contribution is -2.41. The molecule has 0 radical (unpaired) electrons. The molecule has 2 aromatic rings. The molecule has 3 amide bonds. The summed E-state index contributed by atoms with van der Waals surface area (Å²) in [5.74, 6) is -0.115. The molecule has 4 N–H and O–H groups in total. The van der Waals surface area contributed by atoms with Gasteiger partial charge in [-0.2, -0.15) is 0 Å². The first kappa shape index (κ1) is 20.2. The second-order valence-corrected chi connectivity index (χ2v) is 7.88. The van der Waals surface area contributed by atoms with E-state index in [1.54, 1.807) is 24.3 Å². The van der Waals surface area contributed by atoms with Crippen LogP contribution in [0.5, 0.6) is 0 Å². The standard InChI is InChI=1S/C22H26ClN3O2/c23-18-10-8-16(9-11-18)19(26-21(24)28)14-20(27)25-15-22(12-4-5-13-22)17-6-2-1-3-7-17/h1-3,6-11,19H,4-5,12-15H2,(H,25,27)(H3,24,26,28). The van der Waals surface area contributed by atoms with Gasteiger partial charge in [0.05, 0.1) is 12.5 Å². The monoisotopic (exact) mass is 399 g/mol. The number of hydrogen-bond donors (Lipinski definition) is 3. The van der Waals surface area contributed by atoms with E-state index in [-0.39, 0.29) is 17.7 Å². The molecular weight excluding hydrogens is 374 g/mol. The normalized spacial score (nSPS) is 16.3. The van der Waals surface area contributed by atoms with Gasteiger partial charge >= 0.3 is 6.03 Å². The SMILES string of the molecule is NC(=O)NC(CC(=O)NCC1(c2ccccc2)CCCC1)c1ccc(Cl)cc1. The van der Waals surface area contributed by atoms with E-state index in [2.05, 4.69) is 22.8 Å². The van der Waals surface area contributed by atoms with Crippen molar-refractivity contribution in [3.05, 3.63) is 70.7 Å². The van der Waals surface area contributed by atoms with Crippen LogP contribution in [0.15, 0.2) is 54.6 Å². The van der Waals surface area contributed by atoms with Crippen molar-refractivity contribution < 1.29 is 9.59 Å². The second kappa shape index (κ2) is 9.11. The molecule has 1 saturated carbocycles. The van der Waals surface area contributed by atoms with E-state index in [9.17, 15) is 9.59 Å². The maximum absolute atomic E-state index is 12.7. The van der Waals surface area contributed by atoms with Crippen LogP contribution in [0.25, 0.3) is 0 Å². The summed E-state index contributed by atoms with van der Waals surface area (Å²) in [5.41, 5.74) is 7.35. The lowest BCUT2D eigenvalue weighted by Gasteiger charge is -2.30. The summed E-state index contributed by atoms with van der Waals surface area (Å²) in [6.07, 6.45) is 4.59. The van der Waals surface area contributed by atoms with Crippen molar-refractivity contribution in [3.63, 3.8) is 0 Å². The molecule has 1 unspecified atom stereocenters. The van der Waals surface area contributed by atoms with E-state index in [1.807, 2.05) is 18.2 Å². The lowest BCUT2D eigenvalue weighted by atomic mass is 9.79. The fourth-order valence-corrected chi connectivity index (χ4v) is 4.18. The predicted octanol–water partition coefficient (Wildman–Crippen LogP) is 4.07. The number of primary amides is 1. The molecule has 1 aliphatic rings. The molecule has 6 heteroatoms. The summed E-state index contributed by atoms with van der Waals surface area (Å²) in [6.45, 7) is 0.597. The van der Waals surface area contributed by atoms with E-state index in [4.69, 9.17) is 17.3 Å². The number of hydrogen-bond acceptors (Lipinski definition) is 2. The van der Waals surface area contributed by atoms with E-state index in [1.165, 1.54) is 18.4 Å². The third-order valence-electron chi connectivity index (χ3n) is 5.55. The molecule has 3 rings (SSSR count). The Morgan fingerprint density at radius 3 is 2.29 bits per heavy atom. The third-order valence-corrected chi connectivity index (χ3v) is 5.80. The van der Waals surface area contributed by atoms with Gasteiger partial charge in [0.1, 0.15) is 0 Å². The van der Waals surface area contributed by atoms with Gasteiger partial charge in [0.25, 0.3) is 0 Å². The number of carbonyl (C=O) groups is 2. The average molecular weight is 400 g/mol. The summed E-state index contributed by atoms with van der Waals surface area (Å²) in [6, 6.07) is 16.3. The molecule has 28 heavy (non-hydrogen) atoms. The fourth-order valence-electron chi connectivity index (χ4n) is 4.06. The highest BCUT2D eigenvalue weighted by Gasteiger charge is 2.35. The maximum Gasteiger partial charge on any atom is 0.312 e. The van der Waals surface area contributed by atoms with Gasteiger partial charge < -0.3 is 16.4 Å². The molecular formula is C22H26ClN3O2. The van der Waals surface area contributed by atoms with Gasteiger partial charge in [-0.05, 0) is 36.1 Å². The Balaban J connectivity index is 1.67. The van der Waals surface area contributed by atoms with Gasteiger partial charge in [-0.3, -0.25) is 4.79 Å². The van der Waals surface area contributed by atoms with Crippen LogP contribution in [0.2, 0.25) is 5.02 Å². The highest BCUT2D eigenvalue weighted by molar-refractivity contribution is 6.30. The van der Waals surface area contributed by atoms with Crippen molar-refractivity contribution in [1.29, 1.82) is 0 Å². The molecule has 0 spiro atoms. The molecule has 1 fully saturated rings. The van der Waals surface area contributed by atoms with Crippen molar-refractivity contribution >= 4 is 23.5 Å². The predicted molar refractivity (Wildman–Crippen MR) is 111 cm³/mol. The quantitative estimate of drug-likeness (QED) is 0.655. The molecule has 0 saturated heterocycles. The zero-order valence-corrected chi connectivity index (χ0v) is 16.5. The summed E-state index contributed by atoms with van der Waals surface area (Å²) in [4.78, 5) is 24.1. The summed E-state index contributed by atoms with van der Waals surface area (Å²) < 4.78 is 0. The molecule has 0 aliphatic heterocycles. The number of nitrogens with one attached hydrogen (secondary N) is 2. The Bertz CT molecular complexity index is 802. The van der Waals surface area contributed by atoms with Crippen LogP contribution in [-0.4, -0.2) is 18.5 Å². The molecule has 0 bridgehead atoms. The molecule has 1 aliphatic carbocycles. The van der Waals surface area contributed by atoms with Crippen molar-refractivity contribution in [2.75, 3.05) is 6.54 Å². The molecule has 1 atom stereocenters. The number of carbonyl (C=O) groups excluding carboxylic acids is 2. The second-order valence-electron chi connectivity index (χ2n) is 7.45. The van der Waals surface area contributed by atoms with Crippen LogP contribution in [0.4, 0.5) is 4.79 Å². The Hall–Kier alpha value is -2.53. The van der Waals surface area contributed by atoms with Crippen LogP contribution in [0.1, 0.15) is 49.3 Å². The van der Waals surface area contributed by atoms with Crippen molar-refractivity contribution in [2.24, 2.45) is 5.73 Å². The highest BCUT2D eigenvalue weighted by Crippen LogP contribution is 2.40. The number of rotatable bonds is 7. The molecule has 0 heterocycles. The number of benzene rings is 2. The van der Waals surface area contributed by atoms with Crippen molar-refractivity contribution in [1.82, 2.24) is 10.6 Å². The van der Waals surface area contributed by atoms with E-state index < -0.39 is 12.1 Å². The Morgan fingerprint density at radius 2 is 1.68 bits per heavy atom. The van der Waals surface area contributed by atoms with Gasteiger partial charge in [0, 0.05) is 17.0 Å². The van der Waals surface area contributed by atoms with Crippen molar-refractivity contribution in [3.8, 4) is 0 Å². The Labute approximate surface area is 170 Å². The first-order chi connectivity index (χ1) is 13.5. The minimum absolute atomic E-state index is 0.0101. The molecule has 5 nitrogen and oxygen atoms in total. The summed E-state index contributed by atoms with van der Waals surface area (Å²) in [7, 11) is 0. The Kier molecular flexibility index (Phi) is 6.57. The number of amides is 3. The zero-order valence-electron chi connectivity index (χ0n) is 15.8. The number of nitrogens with two attached hydrogens (primary N) is 1. The fraction of sp³-hybridized carbons (Fsp3) is 0.364. The van der Waals surface area contributed by atoms with Gasteiger partial charge in [0.2, 0.25) is 5.91 Å². The summed E-state index contributed by atoms with van der Waals surface area (Å²) in [5, 5.41) is 6.34. The van der Waals surface area contributed by atoms with Crippen molar-refractivity contribution in [2.45, 2.75) is 43.6 Å². The number of urea groups is 1. The van der Waals surface area contributed by atoms with Crippen LogP contribution in [0.3, 0.4) is 0 Å². The maximum atomic E-state index is 12.7. The Morgan fingerprint density at radius 1 is 1.04 bits per heavy atom. The van der Waals surface area contributed by atoms with Gasteiger partial charge in [-0.25, -0.2) is 4.79 Å². The third kappa shape index (κ3) is 5.04. The van der Waals surface area contributed by atoms with E-state index >= 15 is 0 Å². The highest BCUT2D eigenvalue weighted by atomic mass is 35.5. The average Bonchev–Trinajstić information content (AvgIpc) is 3.17. The molecule has 148 valence electrons. The molecule has 2 aromatic carbocycles. The van der Waals surface area contributed by atoms with Crippen LogP contribution >= 0.6 is 11.6 Å². The van der Waals surface area contributed by atoms with Gasteiger partial charge in [-0.1, -0.05) is 66.9 Å². The van der Waals surface area contributed by atoms with Crippen LogP contribution in [0, 0.1) is 0 Å². The zero-order chi connectivity index (χ0) is 20.0. The summed E-state index contributed by atoms with van der Waals surface area (Å²) >= 11 is 5.93. The first-order valence-corrected chi connectivity index (χ1v) is 10.00.